The smallest absolute Gasteiger partial charge is 0.462 e. The van der Waals surface area contributed by atoms with Crippen LogP contribution in [-0.2, 0) is 65.4 Å². The summed E-state index contributed by atoms with van der Waals surface area (Å²) >= 11 is 0. The quantitative estimate of drug-likeness (QED) is 0.0222. The first-order valence-corrected chi connectivity index (χ1v) is 37.0. The molecule has 0 aliphatic heterocycles. The number of unbranched alkanes of at least 4 members (excludes halogenated alkanes) is 33. The number of phosphoric ester groups is 2. The zero-order chi connectivity index (χ0) is 62.2. The molecule has 0 fully saturated rings. The summed E-state index contributed by atoms with van der Waals surface area (Å²) in [5.41, 5.74) is 0. The average molecular weight is 1240 g/mol. The second kappa shape index (κ2) is 57.5. The van der Waals surface area contributed by atoms with Gasteiger partial charge in [0, 0.05) is 25.7 Å². The Morgan fingerprint density at radius 1 is 0.345 bits per heavy atom. The number of rotatable bonds is 64. The molecular weight excluding hydrogens is 1110 g/mol. The average Bonchev–Trinajstić information content (AvgIpc) is 3.47. The lowest BCUT2D eigenvalue weighted by molar-refractivity contribution is -0.161. The molecule has 0 aromatic carbocycles. The van der Waals surface area contributed by atoms with Gasteiger partial charge in [0.2, 0.25) is 0 Å². The number of aliphatic hydroxyl groups excluding tert-OH is 1. The van der Waals surface area contributed by atoms with Gasteiger partial charge in [-0.15, -0.1) is 0 Å². The molecule has 0 radical (unpaired) electrons. The highest BCUT2D eigenvalue weighted by Crippen LogP contribution is 2.45. The van der Waals surface area contributed by atoms with Gasteiger partial charge in [0.25, 0.3) is 0 Å². The van der Waals surface area contributed by atoms with E-state index in [-0.39, 0.29) is 25.7 Å². The van der Waals surface area contributed by atoms with Gasteiger partial charge in [-0.05, 0) is 37.5 Å². The summed E-state index contributed by atoms with van der Waals surface area (Å²) < 4.78 is 68.0. The summed E-state index contributed by atoms with van der Waals surface area (Å²) in [4.78, 5) is 72.2. The fourth-order valence-corrected chi connectivity index (χ4v) is 11.3. The van der Waals surface area contributed by atoms with E-state index in [9.17, 15) is 43.2 Å². The lowest BCUT2D eigenvalue weighted by atomic mass is 9.99. The van der Waals surface area contributed by atoms with E-state index < -0.39 is 97.5 Å². The fraction of sp³-hybridized carbons (Fsp3) is 0.938. The molecule has 17 nitrogen and oxygen atoms in total. The molecule has 0 saturated carbocycles. The van der Waals surface area contributed by atoms with Crippen molar-refractivity contribution in [3.05, 3.63) is 0 Å². The highest BCUT2D eigenvalue weighted by molar-refractivity contribution is 7.47. The fourth-order valence-electron chi connectivity index (χ4n) is 9.68. The Morgan fingerprint density at radius 2 is 0.607 bits per heavy atom. The van der Waals surface area contributed by atoms with E-state index >= 15 is 0 Å². The summed E-state index contributed by atoms with van der Waals surface area (Å²) in [5, 5.41) is 10.5. The van der Waals surface area contributed by atoms with Gasteiger partial charge in [0.15, 0.2) is 12.2 Å². The van der Waals surface area contributed by atoms with Crippen LogP contribution < -0.4 is 0 Å². The third kappa shape index (κ3) is 57.8. The van der Waals surface area contributed by atoms with Gasteiger partial charge in [-0.1, -0.05) is 273 Å². The molecule has 498 valence electrons. The SMILES string of the molecule is CCCCCCCCCCCCCC(=O)OC[C@H](COP(=O)(O)OC[C@@H](O)COP(=O)(O)OC[C@@H](COC(=O)CCCCCCCCC(C)C)OC(=O)CCCCCCCCCCCC)OC(=O)CCCCCCCCCCCCC(C)CC. The summed E-state index contributed by atoms with van der Waals surface area (Å²) in [5.74, 6) is -0.650. The van der Waals surface area contributed by atoms with Crippen LogP contribution in [0.4, 0.5) is 0 Å². The van der Waals surface area contributed by atoms with E-state index in [0.29, 0.717) is 31.6 Å². The van der Waals surface area contributed by atoms with Crippen LogP contribution in [-0.4, -0.2) is 96.7 Å². The molecule has 19 heteroatoms. The van der Waals surface area contributed by atoms with Crippen molar-refractivity contribution in [1.82, 2.24) is 0 Å². The van der Waals surface area contributed by atoms with E-state index in [1.807, 2.05) is 0 Å². The number of hydrogen-bond donors (Lipinski definition) is 3. The second-order valence-electron chi connectivity index (χ2n) is 24.2. The Hall–Kier alpha value is -1.94. The number of aliphatic hydroxyl groups is 1. The molecule has 0 aromatic heterocycles. The van der Waals surface area contributed by atoms with Gasteiger partial charge in [-0.2, -0.15) is 0 Å². The maximum Gasteiger partial charge on any atom is 0.472 e. The van der Waals surface area contributed by atoms with Crippen molar-refractivity contribution in [1.29, 1.82) is 0 Å². The summed E-state index contributed by atoms with van der Waals surface area (Å²) in [6, 6.07) is 0. The Bertz CT molecular complexity index is 1650. The molecule has 0 heterocycles. The van der Waals surface area contributed by atoms with Crippen molar-refractivity contribution < 1.29 is 80.2 Å². The number of phosphoric acid groups is 2. The first-order valence-electron chi connectivity index (χ1n) is 34.0. The van der Waals surface area contributed by atoms with E-state index in [2.05, 4.69) is 41.5 Å². The minimum Gasteiger partial charge on any atom is -0.462 e. The molecule has 0 rings (SSSR count). The summed E-state index contributed by atoms with van der Waals surface area (Å²) in [7, 11) is -9.89. The largest absolute Gasteiger partial charge is 0.472 e. The zero-order valence-electron chi connectivity index (χ0n) is 54.2. The molecule has 0 amide bonds. The number of carbonyl (C=O) groups is 4. The highest BCUT2D eigenvalue weighted by Gasteiger charge is 2.30. The Kier molecular flexibility index (Phi) is 56.2. The van der Waals surface area contributed by atoms with Crippen molar-refractivity contribution in [3.8, 4) is 0 Å². The summed E-state index contributed by atoms with van der Waals surface area (Å²) in [6.45, 7) is 9.44. The third-order valence-corrected chi connectivity index (χ3v) is 17.2. The lowest BCUT2D eigenvalue weighted by Gasteiger charge is -2.21. The Labute approximate surface area is 511 Å². The van der Waals surface area contributed by atoms with Crippen LogP contribution in [0.3, 0.4) is 0 Å². The maximum absolute atomic E-state index is 13.0. The van der Waals surface area contributed by atoms with E-state index in [1.165, 1.54) is 135 Å². The van der Waals surface area contributed by atoms with Gasteiger partial charge in [0.05, 0.1) is 26.4 Å². The second-order valence-corrected chi connectivity index (χ2v) is 27.1. The molecule has 0 spiro atoms. The van der Waals surface area contributed by atoms with E-state index in [4.69, 9.17) is 37.0 Å². The highest BCUT2D eigenvalue weighted by atomic mass is 31.2. The molecule has 0 aliphatic rings. The zero-order valence-corrected chi connectivity index (χ0v) is 56.0. The molecule has 3 N–H and O–H groups in total. The van der Waals surface area contributed by atoms with Gasteiger partial charge >= 0.3 is 39.5 Å². The predicted molar refractivity (Wildman–Crippen MR) is 335 cm³/mol. The van der Waals surface area contributed by atoms with Gasteiger partial charge in [0.1, 0.15) is 19.3 Å². The molecule has 6 atom stereocenters. The van der Waals surface area contributed by atoms with Crippen molar-refractivity contribution in [2.75, 3.05) is 39.6 Å². The van der Waals surface area contributed by atoms with Crippen molar-refractivity contribution in [3.63, 3.8) is 0 Å². The molecular formula is C65H126O17P2. The molecule has 0 aromatic rings. The molecule has 3 unspecified atom stereocenters. The van der Waals surface area contributed by atoms with Crippen molar-refractivity contribution in [2.24, 2.45) is 11.8 Å². The number of carbonyl (C=O) groups excluding carboxylic acids is 4. The van der Waals surface area contributed by atoms with Crippen LogP contribution in [0.25, 0.3) is 0 Å². The van der Waals surface area contributed by atoms with Crippen LogP contribution in [0.15, 0.2) is 0 Å². The van der Waals surface area contributed by atoms with Gasteiger partial charge < -0.3 is 33.8 Å². The minimum absolute atomic E-state index is 0.105. The monoisotopic (exact) mass is 1240 g/mol. The lowest BCUT2D eigenvalue weighted by Crippen LogP contribution is -2.30. The van der Waals surface area contributed by atoms with Crippen LogP contribution in [0, 0.1) is 11.8 Å². The van der Waals surface area contributed by atoms with Crippen LogP contribution >= 0.6 is 15.6 Å². The van der Waals surface area contributed by atoms with Crippen LogP contribution in [0.2, 0.25) is 0 Å². The first-order chi connectivity index (χ1) is 40.4. The van der Waals surface area contributed by atoms with Crippen molar-refractivity contribution >= 4 is 39.5 Å². The maximum atomic E-state index is 13.0. The Morgan fingerprint density at radius 3 is 0.905 bits per heavy atom. The van der Waals surface area contributed by atoms with Gasteiger partial charge in [-0.25, -0.2) is 9.13 Å². The van der Waals surface area contributed by atoms with Crippen molar-refractivity contribution in [2.45, 2.75) is 342 Å². The molecule has 84 heavy (non-hydrogen) atoms. The Balaban J connectivity index is 5.24. The molecule has 0 bridgehead atoms. The van der Waals surface area contributed by atoms with E-state index in [0.717, 1.165) is 102 Å². The number of ether oxygens (including phenoxy) is 4. The third-order valence-electron chi connectivity index (χ3n) is 15.3. The van der Waals surface area contributed by atoms with Gasteiger partial charge in [-0.3, -0.25) is 37.3 Å². The van der Waals surface area contributed by atoms with E-state index in [1.54, 1.807) is 0 Å². The topological polar surface area (TPSA) is 237 Å². The number of hydrogen-bond acceptors (Lipinski definition) is 15. The minimum atomic E-state index is -4.95. The number of esters is 4. The van der Waals surface area contributed by atoms with Crippen LogP contribution in [0.1, 0.15) is 324 Å². The standard InChI is InChI=1S/C65H126O17P2/c1-7-10-12-14-16-18-20-25-28-35-41-47-62(67)75-53-60(81-65(70)50-44-38-30-26-22-21-23-27-34-40-46-58(6)9-3)55-79-83(71,72)77-51-59(66)52-78-84(73,74)80-56-61(54-76-63(68)48-42-36-32-31-33-39-45-57(4)5)82-64(69)49-43-37-29-24-19-17-15-13-11-8-2/h57-61,66H,7-56H2,1-6H3,(H,71,72)(H,73,74)/t58?,59-,60-,61-/m1/s1. The molecule has 0 saturated heterocycles. The summed E-state index contributed by atoms with van der Waals surface area (Å²) in [6.07, 6.45) is 40.3. The molecule has 0 aliphatic carbocycles. The first kappa shape index (κ1) is 82.1. The predicted octanol–water partition coefficient (Wildman–Crippen LogP) is 18.0. The van der Waals surface area contributed by atoms with Crippen LogP contribution in [0.5, 0.6) is 0 Å². The normalized spacial score (nSPS) is 14.6.